The molecule has 6 nitrogen and oxygen atoms in total. The highest BCUT2D eigenvalue weighted by Crippen LogP contribution is 2.35. The molecule has 0 radical (unpaired) electrons. The number of hydrogen-bond donors (Lipinski definition) is 1. The Balaban J connectivity index is 1.94. The quantitative estimate of drug-likeness (QED) is 0.879. The van der Waals surface area contributed by atoms with E-state index < -0.39 is 21.8 Å². The van der Waals surface area contributed by atoms with Gasteiger partial charge >= 0.3 is 0 Å². The molecule has 2 aliphatic heterocycles. The predicted molar refractivity (Wildman–Crippen MR) is 80.6 cm³/mol. The van der Waals surface area contributed by atoms with Gasteiger partial charge in [0.25, 0.3) is 0 Å². The Morgan fingerprint density at radius 3 is 2.70 bits per heavy atom. The van der Waals surface area contributed by atoms with Crippen molar-refractivity contribution < 1.29 is 22.3 Å². The van der Waals surface area contributed by atoms with Gasteiger partial charge in [0, 0.05) is 20.2 Å². The van der Waals surface area contributed by atoms with Gasteiger partial charge in [-0.1, -0.05) is 0 Å². The van der Waals surface area contributed by atoms with Crippen LogP contribution < -0.4 is 5.32 Å². The lowest BCUT2D eigenvalue weighted by Crippen LogP contribution is -2.54. The highest BCUT2D eigenvalue weighted by Gasteiger charge is 2.47. The van der Waals surface area contributed by atoms with Crippen molar-refractivity contribution in [1.29, 1.82) is 0 Å². The monoisotopic (exact) mass is 342 g/mol. The molecule has 8 heteroatoms. The van der Waals surface area contributed by atoms with E-state index in [1.807, 2.05) is 0 Å². The number of nitrogens with zero attached hydrogens (tertiary/aromatic N) is 1. The van der Waals surface area contributed by atoms with Crippen LogP contribution in [0.5, 0.6) is 0 Å². The number of benzene rings is 1. The van der Waals surface area contributed by atoms with Crippen LogP contribution in [0.25, 0.3) is 0 Å². The molecule has 2 heterocycles. The Labute approximate surface area is 134 Å². The molecule has 0 aliphatic carbocycles. The van der Waals surface area contributed by atoms with E-state index in [0.717, 1.165) is 12.1 Å². The molecule has 3 rings (SSSR count). The standard InChI is InChI=1S/C15H19FN2O4S/c1-17-15(19)10-8-14-13(6-7-22-14)18(9-10)23(20,21)12-4-2-11(16)3-5-12/h2-5,10,13-14H,6-9H2,1H3,(H,17,19)/t10-,13+,14+/m0/s1. The van der Waals surface area contributed by atoms with Gasteiger partial charge in [0.15, 0.2) is 0 Å². The molecule has 0 unspecified atom stereocenters. The minimum atomic E-state index is -3.80. The normalized spacial score (nSPS) is 28.3. The third-order valence-electron chi connectivity index (χ3n) is 4.50. The van der Waals surface area contributed by atoms with Crippen LogP contribution in [0.3, 0.4) is 0 Å². The largest absolute Gasteiger partial charge is 0.376 e. The first-order valence-electron chi connectivity index (χ1n) is 7.54. The molecule has 0 saturated carbocycles. The Morgan fingerprint density at radius 1 is 1.35 bits per heavy atom. The highest BCUT2D eigenvalue weighted by atomic mass is 32.2. The molecule has 0 bridgehead atoms. The maximum Gasteiger partial charge on any atom is 0.243 e. The summed E-state index contributed by atoms with van der Waals surface area (Å²) in [6.45, 7) is 0.592. The number of fused-ring (bicyclic) bond motifs is 1. The number of rotatable bonds is 3. The van der Waals surface area contributed by atoms with Crippen molar-refractivity contribution in [3.8, 4) is 0 Å². The molecular formula is C15H19FN2O4S. The molecule has 2 saturated heterocycles. The molecule has 1 N–H and O–H groups in total. The lowest BCUT2D eigenvalue weighted by molar-refractivity contribution is -0.127. The number of halogens is 1. The molecule has 0 spiro atoms. The molecule has 1 aromatic rings. The van der Waals surface area contributed by atoms with Crippen LogP contribution in [0.15, 0.2) is 29.2 Å². The van der Waals surface area contributed by atoms with Crippen LogP contribution >= 0.6 is 0 Å². The first kappa shape index (κ1) is 16.4. The van der Waals surface area contributed by atoms with Crippen LogP contribution in [0.1, 0.15) is 12.8 Å². The summed E-state index contributed by atoms with van der Waals surface area (Å²) in [4.78, 5) is 12.0. The smallest absolute Gasteiger partial charge is 0.243 e. The van der Waals surface area contributed by atoms with Crippen molar-refractivity contribution in [2.24, 2.45) is 5.92 Å². The average molecular weight is 342 g/mol. The van der Waals surface area contributed by atoms with Crippen molar-refractivity contribution >= 4 is 15.9 Å². The maximum absolute atomic E-state index is 13.1. The van der Waals surface area contributed by atoms with Gasteiger partial charge in [-0.15, -0.1) is 0 Å². The van der Waals surface area contributed by atoms with Crippen LogP contribution in [-0.4, -0.2) is 51.0 Å². The zero-order chi connectivity index (χ0) is 16.6. The van der Waals surface area contributed by atoms with Crippen molar-refractivity contribution in [2.75, 3.05) is 20.2 Å². The minimum absolute atomic E-state index is 0.0297. The summed E-state index contributed by atoms with van der Waals surface area (Å²) in [5.74, 6) is -1.14. The van der Waals surface area contributed by atoms with Gasteiger partial charge in [-0.25, -0.2) is 12.8 Å². The Morgan fingerprint density at radius 2 is 2.04 bits per heavy atom. The van der Waals surface area contributed by atoms with Crippen molar-refractivity contribution in [3.63, 3.8) is 0 Å². The van der Waals surface area contributed by atoms with E-state index in [1.54, 1.807) is 0 Å². The number of ether oxygens (including phenoxy) is 1. The number of sulfonamides is 1. The molecule has 1 aromatic carbocycles. The Bertz CT molecular complexity index is 692. The van der Waals surface area contributed by atoms with E-state index in [4.69, 9.17) is 4.74 Å². The molecule has 1 amide bonds. The summed E-state index contributed by atoms with van der Waals surface area (Å²) in [5.41, 5.74) is 0. The molecule has 126 valence electrons. The van der Waals surface area contributed by atoms with E-state index >= 15 is 0 Å². The number of carbonyl (C=O) groups is 1. The number of hydrogen-bond acceptors (Lipinski definition) is 4. The van der Waals surface area contributed by atoms with Crippen LogP contribution in [0.2, 0.25) is 0 Å². The number of piperidine rings is 1. The predicted octanol–water partition coefficient (Wildman–Crippen LogP) is 0.740. The first-order chi connectivity index (χ1) is 10.9. The van der Waals surface area contributed by atoms with Crippen molar-refractivity contribution in [3.05, 3.63) is 30.1 Å². The molecule has 0 aromatic heterocycles. The minimum Gasteiger partial charge on any atom is -0.376 e. The highest BCUT2D eigenvalue weighted by molar-refractivity contribution is 7.89. The van der Waals surface area contributed by atoms with Gasteiger partial charge in [-0.3, -0.25) is 4.79 Å². The fourth-order valence-electron chi connectivity index (χ4n) is 3.31. The molecule has 2 fully saturated rings. The summed E-state index contributed by atoms with van der Waals surface area (Å²) < 4.78 is 45.9. The third kappa shape index (κ3) is 2.98. The van der Waals surface area contributed by atoms with E-state index in [-0.39, 0.29) is 29.5 Å². The zero-order valence-electron chi connectivity index (χ0n) is 12.7. The second-order valence-corrected chi connectivity index (χ2v) is 7.73. The summed E-state index contributed by atoms with van der Waals surface area (Å²) in [6.07, 6.45) is 0.840. The van der Waals surface area contributed by atoms with E-state index in [9.17, 15) is 17.6 Å². The lowest BCUT2D eigenvalue weighted by atomic mass is 9.91. The number of amides is 1. The molecule has 23 heavy (non-hydrogen) atoms. The second-order valence-electron chi connectivity index (χ2n) is 5.84. The van der Waals surface area contributed by atoms with Crippen LogP contribution in [0, 0.1) is 11.7 Å². The average Bonchev–Trinajstić information content (AvgIpc) is 3.01. The van der Waals surface area contributed by atoms with Crippen molar-refractivity contribution in [1.82, 2.24) is 9.62 Å². The van der Waals surface area contributed by atoms with Gasteiger partial charge in [0.1, 0.15) is 5.82 Å². The summed E-state index contributed by atoms with van der Waals surface area (Å²) in [5, 5.41) is 2.57. The molecular weight excluding hydrogens is 323 g/mol. The Kier molecular flexibility index (Phi) is 4.39. The summed E-state index contributed by atoms with van der Waals surface area (Å²) >= 11 is 0. The van der Waals surface area contributed by atoms with Crippen molar-refractivity contribution in [2.45, 2.75) is 29.9 Å². The topological polar surface area (TPSA) is 75.7 Å². The summed E-state index contributed by atoms with van der Waals surface area (Å²) in [7, 11) is -2.27. The first-order valence-corrected chi connectivity index (χ1v) is 8.98. The fraction of sp³-hybridized carbons (Fsp3) is 0.533. The van der Waals surface area contributed by atoms with Gasteiger partial charge in [0.2, 0.25) is 15.9 Å². The molecule has 2 aliphatic rings. The second kappa shape index (κ2) is 6.18. The van der Waals surface area contributed by atoms with E-state index in [0.29, 0.717) is 19.4 Å². The van der Waals surface area contributed by atoms with Crippen LogP contribution in [0.4, 0.5) is 4.39 Å². The lowest BCUT2D eigenvalue weighted by Gasteiger charge is -2.39. The SMILES string of the molecule is CNC(=O)[C@H]1C[C@H]2OCC[C@H]2N(S(=O)(=O)c2ccc(F)cc2)C1. The van der Waals surface area contributed by atoms with E-state index in [2.05, 4.69) is 5.32 Å². The van der Waals surface area contributed by atoms with E-state index in [1.165, 1.54) is 23.5 Å². The number of carbonyl (C=O) groups excluding carboxylic acids is 1. The van der Waals surface area contributed by atoms with Gasteiger partial charge in [-0.2, -0.15) is 4.31 Å². The number of nitrogens with one attached hydrogen (secondary N) is 1. The van der Waals surface area contributed by atoms with Gasteiger partial charge in [-0.05, 0) is 37.1 Å². The summed E-state index contributed by atoms with van der Waals surface area (Å²) in [6, 6.07) is 4.47. The third-order valence-corrected chi connectivity index (χ3v) is 6.40. The van der Waals surface area contributed by atoms with Gasteiger partial charge in [0.05, 0.1) is 23.0 Å². The molecule has 3 atom stereocenters. The van der Waals surface area contributed by atoms with Crippen LogP contribution in [-0.2, 0) is 19.6 Å². The zero-order valence-corrected chi connectivity index (χ0v) is 13.6. The van der Waals surface area contributed by atoms with Gasteiger partial charge < -0.3 is 10.1 Å². The Hall–Kier alpha value is -1.51. The maximum atomic E-state index is 13.1. The fourth-order valence-corrected chi connectivity index (χ4v) is 5.04.